The lowest BCUT2D eigenvalue weighted by molar-refractivity contribution is 0.0947. The average molecular weight is 412 g/mol. The van der Waals surface area contributed by atoms with E-state index in [-0.39, 0.29) is 18.3 Å². The number of hydrogen-bond acceptors (Lipinski definition) is 4. The fraction of sp³-hybridized carbons (Fsp3) is 0.273. The lowest BCUT2D eigenvalue weighted by atomic mass is 10.1. The van der Waals surface area contributed by atoms with Crippen LogP contribution >= 0.6 is 12.4 Å². The van der Waals surface area contributed by atoms with Crippen LogP contribution < -0.4 is 10.6 Å². The van der Waals surface area contributed by atoms with Gasteiger partial charge in [0.15, 0.2) is 0 Å². The SMILES string of the molecule is Cl.O=C(NCCN1CCNCC1)c1cccc(-n2nccc2-c2ccccc2)c1. The summed E-state index contributed by atoms with van der Waals surface area (Å²) in [4.78, 5) is 15.0. The van der Waals surface area contributed by atoms with Crippen molar-refractivity contribution in [2.24, 2.45) is 0 Å². The van der Waals surface area contributed by atoms with E-state index in [4.69, 9.17) is 0 Å². The fourth-order valence-corrected chi connectivity index (χ4v) is 3.48. The summed E-state index contributed by atoms with van der Waals surface area (Å²) in [6.07, 6.45) is 1.78. The number of nitrogens with one attached hydrogen (secondary N) is 2. The second kappa shape index (κ2) is 10.2. The Labute approximate surface area is 177 Å². The minimum absolute atomic E-state index is 0. The first-order valence-electron chi connectivity index (χ1n) is 9.72. The number of piperazine rings is 1. The summed E-state index contributed by atoms with van der Waals surface area (Å²) in [6, 6.07) is 19.7. The molecule has 1 aromatic heterocycles. The minimum atomic E-state index is -0.0506. The predicted octanol–water partition coefficient (Wildman–Crippen LogP) is 2.60. The molecule has 2 N–H and O–H groups in total. The summed E-state index contributed by atoms with van der Waals surface area (Å²) < 4.78 is 1.87. The lowest BCUT2D eigenvalue weighted by Crippen LogP contribution is -2.46. The van der Waals surface area contributed by atoms with Crippen molar-refractivity contribution in [3.8, 4) is 16.9 Å². The third-order valence-corrected chi connectivity index (χ3v) is 4.99. The van der Waals surface area contributed by atoms with Gasteiger partial charge < -0.3 is 10.6 Å². The monoisotopic (exact) mass is 411 g/mol. The van der Waals surface area contributed by atoms with Crippen LogP contribution in [0.15, 0.2) is 66.9 Å². The summed E-state index contributed by atoms with van der Waals surface area (Å²) in [5, 5.41) is 10.8. The maximum atomic E-state index is 12.6. The van der Waals surface area contributed by atoms with Crippen LogP contribution in [0.5, 0.6) is 0 Å². The quantitative estimate of drug-likeness (QED) is 0.654. The third-order valence-electron chi connectivity index (χ3n) is 4.99. The van der Waals surface area contributed by atoms with Gasteiger partial charge in [-0.1, -0.05) is 36.4 Å². The summed E-state index contributed by atoms with van der Waals surface area (Å²) in [5.74, 6) is -0.0506. The van der Waals surface area contributed by atoms with Crippen LogP contribution in [0.1, 0.15) is 10.4 Å². The Kier molecular flexibility index (Phi) is 7.41. The Bertz CT molecular complexity index is 922. The Morgan fingerprint density at radius 3 is 2.62 bits per heavy atom. The number of aromatic nitrogens is 2. The van der Waals surface area contributed by atoms with E-state index < -0.39 is 0 Å². The van der Waals surface area contributed by atoms with E-state index in [2.05, 4.69) is 32.8 Å². The largest absolute Gasteiger partial charge is 0.351 e. The van der Waals surface area contributed by atoms with Crippen molar-refractivity contribution in [3.63, 3.8) is 0 Å². The molecule has 1 saturated heterocycles. The zero-order chi connectivity index (χ0) is 19.2. The van der Waals surface area contributed by atoms with E-state index in [1.165, 1.54) is 0 Å². The van der Waals surface area contributed by atoms with Crippen molar-refractivity contribution in [3.05, 3.63) is 72.4 Å². The highest BCUT2D eigenvalue weighted by molar-refractivity contribution is 5.94. The third kappa shape index (κ3) is 5.23. The second-order valence-electron chi connectivity index (χ2n) is 6.89. The Morgan fingerprint density at radius 1 is 1.03 bits per heavy atom. The van der Waals surface area contributed by atoms with E-state index in [0.29, 0.717) is 12.1 Å². The molecule has 1 aliphatic heterocycles. The zero-order valence-corrected chi connectivity index (χ0v) is 17.1. The molecule has 6 nitrogen and oxygen atoms in total. The summed E-state index contributed by atoms with van der Waals surface area (Å²) in [6.45, 7) is 5.64. The number of amides is 1. The van der Waals surface area contributed by atoms with Crippen molar-refractivity contribution in [1.82, 2.24) is 25.3 Å². The van der Waals surface area contributed by atoms with Crippen molar-refractivity contribution < 1.29 is 4.79 Å². The molecule has 29 heavy (non-hydrogen) atoms. The molecule has 152 valence electrons. The number of hydrogen-bond donors (Lipinski definition) is 2. The van der Waals surface area contributed by atoms with E-state index in [0.717, 1.165) is 49.7 Å². The average Bonchev–Trinajstić information content (AvgIpc) is 3.25. The van der Waals surface area contributed by atoms with Crippen molar-refractivity contribution >= 4 is 18.3 Å². The Morgan fingerprint density at radius 2 is 1.83 bits per heavy atom. The van der Waals surface area contributed by atoms with Crippen LogP contribution in [0.25, 0.3) is 16.9 Å². The van der Waals surface area contributed by atoms with E-state index in [1.54, 1.807) is 6.20 Å². The van der Waals surface area contributed by atoms with Crippen LogP contribution in [0.2, 0.25) is 0 Å². The minimum Gasteiger partial charge on any atom is -0.351 e. The van der Waals surface area contributed by atoms with Crippen molar-refractivity contribution in [2.75, 3.05) is 39.3 Å². The van der Waals surface area contributed by atoms with E-state index in [1.807, 2.05) is 53.2 Å². The number of halogens is 1. The van der Waals surface area contributed by atoms with Crippen LogP contribution in [0.3, 0.4) is 0 Å². The molecule has 0 bridgehead atoms. The van der Waals surface area contributed by atoms with Crippen LogP contribution in [-0.4, -0.2) is 59.9 Å². The molecule has 0 aliphatic carbocycles. The standard InChI is InChI=1S/C22H25N5O.ClH/c28-22(24-13-16-26-14-11-23-12-15-26)19-7-4-8-20(17-19)27-21(9-10-25-27)18-5-2-1-3-6-18;/h1-10,17,23H,11-16H2,(H,24,28);1H. The summed E-state index contributed by atoms with van der Waals surface area (Å²) in [7, 11) is 0. The second-order valence-corrected chi connectivity index (χ2v) is 6.89. The van der Waals surface area contributed by atoms with Gasteiger partial charge >= 0.3 is 0 Å². The van der Waals surface area contributed by atoms with Gasteiger partial charge in [-0.2, -0.15) is 5.10 Å². The molecule has 1 aliphatic rings. The maximum Gasteiger partial charge on any atom is 0.251 e. The molecule has 4 rings (SSSR count). The van der Waals surface area contributed by atoms with Gasteiger partial charge in [-0.25, -0.2) is 4.68 Å². The van der Waals surface area contributed by atoms with Gasteiger partial charge in [0.05, 0.1) is 17.6 Å². The zero-order valence-electron chi connectivity index (χ0n) is 16.3. The molecule has 7 heteroatoms. The Hall–Kier alpha value is -2.67. The molecule has 0 radical (unpaired) electrons. The molecule has 2 aromatic carbocycles. The van der Waals surface area contributed by atoms with Gasteiger partial charge in [0.25, 0.3) is 5.91 Å². The molecule has 2 heterocycles. The number of nitrogens with zero attached hydrogens (tertiary/aromatic N) is 3. The molecular formula is C22H26ClN5O. The van der Waals surface area contributed by atoms with Gasteiger partial charge in [0.1, 0.15) is 0 Å². The van der Waals surface area contributed by atoms with Crippen molar-refractivity contribution in [1.29, 1.82) is 0 Å². The van der Waals surface area contributed by atoms with Gasteiger partial charge in [-0.15, -0.1) is 12.4 Å². The molecule has 1 amide bonds. The maximum absolute atomic E-state index is 12.6. The fourth-order valence-electron chi connectivity index (χ4n) is 3.48. The van der Waals surface area contributed by atoms with Crippen LogP contribution in [-0.2, 0) is 0 Å². The van der Waals surface area contributed by atoms with Gasteiger partial charge in [0.2, 0.25) is 0 Å². The first-order chi connectivity index (χ1) is 13.8. The highest BCUT2D eigenvalue weighted by Gasteiger charge is 2.12. The summed E-state index contributed by atoms with van der Waals surface area (Å²) in [5.41, 5.74) is 3.61. The van der Waals surface area contributed by atoms with Crippen LogP contribution in [0, 0.1) is 0 Å². The smallest absolute Gasteiger partial charge is 0.251 e. The van der Waals surface area contributed by atoms with Gasteiger partial charge in [-0.3, -0.25) is 9.69 Å². The number of carbonyl (C=O) groups is 1. The molecule has 0 atom stereocenters. The van der Waals surface area contributed by atoms with Crippen LogP contribution in [0.4, 0.5) is 0 Å². The number of benzene rings is 2. The van der Waals surface area contributed by atoms with E-state index >= 15 is 0 Å². The first-order valence-corrected chi connectivity index (χ1v) is 9.72. The lowest BCUT2D eigenvalue weighted by Gasteiger charge is -2.27. The molecular weight excluding hydrogens is 386 g/mol. The number of rotatable bonds is 6. The van der Waals surface area contributed by atoms with Gasteiger partial charge in [-0.05, 0) is 24.3 Å². The normalized spacial score (nSPS) is 14.2. The summed E-state index contributed by atoms with van der Waals surface area (Å²) >= 11 is 0. The molecule has 0 spiro atoms. The molecule has 1 fully saturated rings. The number of carbonyl (C=O) groups excluding carboxylic acids is 1. The first kappa shape index (κ1) is 21.0. The highest BCUT2D eigenvalue weighted by atomic mass is 35.5. The van der Waals surface area contributed by atoms with Gasteiger partial charge in [0, 0.05) is 50.4 Å². The highest BCUT2D eigenvalue weighted by Crippen LogP contribution is 2.22. The topological polar surface area (TPSA) is 62.2 Å². The molecule has 0 unspecified atom stereocenters. The Balaban J connectivity index is 0.00000240. The van der Waals surface area contributed by atoms with Crippen molar-refractivity contribution in [2.45, 2.75) is 0 Å². The van der Waals surface area contributed by atoms with E-state index in [9.17, 15) is 4.79 Å². The predicted molar refractivity (Wildman–Crippen MR) is 118 cm³/mol. The molecule has 0 saturated carbocycles. The molecule has 3 aromatic rings.